The summed E-state index contributed by atoms with van der Waals surface area (Å²) in [5.74, 6) is 0.799. The molecule has 0 aliphatic carbocycles. The molecule has 0 amide bonds. The summed E-state index contributed by atoms with van der Waals surface area (Å²) in [6.07, 6.45) is 2.24. The first kappa shape index (κ1) is 13.9. The zero-order valence-corrected chi connectivity index (χ0v) is 13.2. The highest BCUT2D eigenvalue weighted by atomic mass is 79.9. The van der Waals surface area contributed by atoms with Gasteiger partial charge in [-0.2, -0.15) is 0 Å². The van der Waals surface area contributed by atoms with Crippen molar-refractivity contribution in [3.05, 3.63) is 27.2 Å². The van der Waals surface area contributed by atoms with E-state index < -0.39 is 0 Å². The van der Waals surface area contributed by atoms with Gasteiger partial charge in [-0.15, -0.1) is 0 Å². The highest BCUT2D eigenvalue weighted by Crippen LogP contribution is 2.44. The average molecular weight is 312 g/mol. The number of hydrogen-bond donors (Lipinski definition) is 2. The molecule has 1 fully saturated rings. The zero-order chi connectivity index (χ0) is 13.5. The van der Waals surface area contributed by atoms with Crippen LogP contribution in [0.3, 0.4) is 0 Å². The minimum Gasteiger partial charge on any atom is -0.507 e. The molecule has 1 aromatic carbocycles. The van der Waals surface area contributed by atoms with Gasteiger partial charge in [-0.3, -0.25) is 0 Å². The van der Waals surface area contributed by atoms with Crippen LogP contribution in [0.5, 0.6) is 5.75 Å². The Morgan fingerprint density at radius 2 is 2.11 bits per heavy atom. The standard InChI is InChI=1S/C15H22BrNO/c1-9(2)11-8-12(16)10(3)13(14(11)18)15(4)6-5-7-17-15/h8-9,17-18H,5-7H2,1-4H3. The Morgan fingerprint density at radius 3 is 2.61 bits per heavy atom. The maximum atomic E-state index is 10.6. The van der Waals surface area contributed by atoms with Crippen molar-refractivity contribution >= 4 is 15.9 Å². The molecule has 0 bridgehead atoms. The quantitative estimate of drug-likeness (QED) is 0.858. The molecule has 0 spiro atoms. The largest absolute Gasteiger partial charge is 0.507 e. The van der Waals surface area contributed by atoms with Crippen molar-refractivity contribution in [3.63, 3.8) is 0 Å². The fourth-order valence-corrected chi connectivity index (χ4v) is 3.42. The van der Waals surface area contributed by atoms with Gasteiger partial charge in [-0.25, -0.2) is 0 Å². The normalized spacial score (nSPS) is 23.9. The van der Waals surface area contributed by atoms with E-state index in [2.05, 4.69) is 55.0 Å². The van der Waals surface area contributed by atoms with Crippen LogP contribution in [-0.2, 0) is 5.54 Å². The summed E-state index contributed by atoms with van der Waals surface area (Å²) >= 11 is 3.63. The number of rotatable bonds is 2. The number of halogens is 1. The van der Waals surface area contributed by atoms with Gasteiger partial charge in [0.2, 0.25) is 0 Å². The molecule has 3 heteroatoms. The number of phenols is 1. The van der Waals surface area contributed by atoms with E-state index in [1.54, 1.807) is 0 Å². The third-order valence-electron chi connectivity index (χ3n) is 4.07. The van der Waals surface area contributed by atoms with Crippen LogP contribution in [-0.4, -0.2) is 11.7 Å². The lowest BCUT2D eigenvalue weighted by Gasteiger charge is -2.30. The highest BCUT2D eigenvalue weighted by Gasteiger charge is 2.35. The second-order valence-electron chi connectivity index (χ2n) is 5.81. The van der Waals surface area contributed by atoms with Crippen molar-refractivity contribution in [2.75, 3.05) is 6.54 Å². The van der Waals surface area contributed by atoms with Gasteiger partial charge in [0.05, 0.1) is 0 Å². The third-order valence-corrected chi connectivity index (χ3v) is 4.89. The fraction of sp³-hybridized carbons (Fsp3) is 0.600. The maximum Gasteiger partial charge on any atom is 0.124 e. The molecule has 2 N–H and O–H groups in total. The molecule has 0 radical (unpaired) electrons. The average Bonchev–Trinajstić information content (AvgIpc) is 2.71. The van der Waals surface area contributed by atoms with Crippen molar-refractivity contribution in [2.45, 2.75) is 52.0 Å². The summed E-state index contributed by atoms with van der Waals surface area (Å²) in [4.78, 5) is 0. The Hall–Kier alpha value is -0.540. The SMILES string of the molecule is Cc1c(Br)cc(C(C)C)c(O)c1C1(C)CCCN1. The van der Waals surface area contributed by atoms with Crippen molar-refractivity contribution in [1.82, 2.24) is 5.32 Å². The molecule has 1 saturated heterocycles. The summed E-state index contributed by atoms with van der Waals surface area (Å²) in [5, 5.41) is 14.2. The van der Waals surface area contributed by atoms with Gasteiger partial charge < -0.3 is 10.4 Å². The molecule has 1 aromatic rings. The number of nitrogens with one attached hydrogen (secondary N) is 1. The Labute approximate surface area is 118 Å². The first-order chi connectivity index (χ1) is 8.37. The van der Waals surface area contributed by atoms with Gasteiger partial charge in [0.25, 0.3) is 0 Å². The van der Waals surface area contributed by atoms with Crippen LogP contribution in [0.4, 0.5) is 0 Å². The van der Waals surface area contributed by atoms with Crippen molar-refractivity contribution in [1.29, 1.82) is 0 Å². The lowest BCUT2D eigenvalue weighted by atomic mass is 9.83. The van der Waals surface area contributed by atoms with E-state index in [1.165, 1.54) is 6.42 Å². The summed E-state index contributed by atoms with van der Waals surface area (Å²) in [6.45, 7) is 9.53. The minimum atomic E-state index is -0.0956. The van der Waals surface area contributed by atoms with Crippen LogP contribution < -0.4 is 5.32 Å². The van der Waals surface area contributed by atoms with Crippen molar-refractivity contribution < 1.29 is 5.11 Å². The molecule has 1 atom stereocenters. The van der Waals surface area contributed by atoms with Crippen LogP contribution >= 0.6 is 15.9 Å². The van der Waals surface area contributed by atoms with Gasteiger partial charge in [0, 0.05) is 15.6 Å². The number of phenolic OH excluding ortho intramolecular Hbond substituents is 1. The molecule has 1 heterocycles. The Kier molecular flexibility index (Phi) is 3.75. The predicted molar refractivity (Wildman–Crippen MR) is 79.2 cm³/mol. The lowest BCUT2D eigenvalue weighted by molar-refractivity contribution is 0.387. The van der Waals surface area contributed by atoms with E-state index in [-0.39, 0.29) is 5.54 Å². The molecule has 18 heavy (non-hydrogen) atoms. The number of aromatic hydroxyl groups is 1. The predicted octanol–water partition coefficient (Wildman–Crippen LogP) is 4.19. The van der Waals surface area contributed by atoms with Gasteiger partial charge >= 0.3 is 0 Å². The first-order valence-electron chi connectivity index (χ1n) is 6.64. The van der Waals surface area contributed by atoms with Crippen LogP contribution in [0.15, 0.2) is 10.5 Å². The highest BCUT2D eigenvalue weighted by molar-refractivity contribution is 9.10. The van der Waals surface area contributed by atoms with Crippen LogP contribution in [0.2, 0.25) is 0 Å². The Balaban J connectivity index is 2.65. The van der Waals surface area contributed by atoms with E-state index in [4.69, 9.17) is 0 Å². The van der Waals surface area contributed by atoms with Crippen molar-refractivity contribution in [3.8, 4) is 5.75 Å². The molecule has 0 aromatic heterocycles. The van der Waals surface area contributed by atoms with Crippen molar-refractivity contribution in [2.24, 2.45) is 0 Å². The molecule has 0 saturated carbocycles. The smallest absolute Gasteiger partial charge is 0.124 e. The van der Waals surface area contributed by atoms with Gasteiger partial charge in [-0.05, 0) is 56.3 Å². The summed E-state index contributed by atoms with van der Waals surface area (Å²) < 4.78 is 1.09. The summed E-state index contributed by atoms with van der Waals surface area (Å²) in [7, 11) is 0. The maximum absolute atomic E-state index is 10.6. The molecule has 1 unspecified atom stereocenters. The van der Waals surface area contributed by atoms with Crippen LogP contribution in [0.25, 0.3) is 0 Å². The van der Waals surface area contributed by atoms with E-state index in [0.717, 1.165) is 34.1 Å². The topological polar surface area (TPSA) is 32.3 Å². The fourth-order valence-electron chi connectivity index (χ4n) is 2.98. The van der Waals surface area contributed by atoms with Crippen LogP contribution in [0.1, 0.15) is 56.2 Å². The second-order valence-corrected chi connectivity index (χ2v) is 6.67. The molecule has 100 valence electrons. The van der Waals surface area contributed by atoms with Gasteiger partial charge in [0.15, 0.2) is 0 Å². The van der Waals surface area contributed by atoms with Gasteiger partial charge in [0.1, 0.15) is 5.75 Å². The molecular formula is C15H22BrNO. The van der Waals surface area contributed by atoms with Gasteiger partial charge in [-0.1, -0.05) is 29.8 Å². The summed E-state index contributed by atoms with van der Waals surface area (Å²) in [6, 6.07) is 2.05. The molecule has 1 aliphatic rings. The molecular weight excluding hydrogens is 290 g/mol. The minimum absolute atomic E-state index is 0.0956. The Bertz CT molecular complexity index is 462. The Morgan fingerprint density at radius 1 is 1.44 bits per heavy atom. The van der Waals surface area contributed by atoms with E-state index in [9.17, 15) is 5.11 Å². The monoisotopic (exact) mass is 311 g/mol. The molecule has 2 nitrogen and oxygen atoms in total. The number of hydrogen-bond acceptors (Lipinski definition) is 2. The molecule has 2 rings (SSSR count). The first-order valence-corrected chi connectivity index (χ1v) is 7.43. The zero-order valence-electron chi connectivity index (χ0n) is 11.6. The van der Waals surface area contributed by atoms with E-state index in [1.807, 2.05) is 0 Å². The summed E-state index contributed by atoms with van der Waals surface area (Å²) in [5.41, 5.74) is 3.14. The number of benzene rings is 1. The lowest BCUT2D eigenvalue weighted by Crippen LogP contribution is -2.34. The van der Waals surface area contributed by atoms with Crippen LogP contribution in [0, 0.1) is 6.92 Å². The van der Waals surface area contributed by atoms with E-state index >= 15 is 0 Å². The van der Waals surface area contributed by atoms with E-state index in [0.29, 0.717) is 11.7 Å². The second kappa shape index (κ2) is 4.86. The molecule has 1 aliphatic heterocycles. The third kappa shape index (κ3) is 2.19.